The van der Waals surface area contributed by atoms with E-state index in [1.807, 2.05) is 6.92 Å². The van der Waals surface area contributed by atoms with E-state index >= 15 is 0 Å². The minimum Gasteiger partial charge on any atom is -0.550 e. The smallest absolute Gasteiger partial charge is 0.0540 e. The zero-order chi connectivity index (χ0) is 15.2. The number of carboxylic acids is 1. The Kier molecular flexibility index (Phi) is 13.0. The second-order valence-electron chi connectivity index (χ2n) is 5.68. The van der Waals surface area contributed by atoms with E-state index in [2.05, 4.69) is 0 Å². The van der Waals surface area contributed by atoms with Crippen LogP contribution in [0, 0.1) is 0 Å². The van der Waals surface area contributed by atoms with Crippen LogP contribution in [0.5, 0.6) is 0 Å². The molecule has 0 saturated heterocycles. The Morgan fingerprint density at radius 3 is 1.85 bits per heavy atom. The van der Waals surface area contributed by atoms with Crippen LogP contribution in [0.25, 0.3) is 0 Å². The van der Waals surface area contributed by atoms with Gasteiger partial charge in [-0.25, -0.2) is 0 Å². The first kappa shape index (κ1) is 19.4. The van der Waals surface area contributed by atoms with Crippen molar-refractivity contribution in [2.24, 2.45) is 0 Å². The molecule has 120 valence electrons. The summed E-state index contributed by atoms with van der Waals surface area (Å²) in [5, 5.41) is 29.4. The van der Waals surface area contributed by atoms with Crippen molar-refractivity contribution < 1.29 is 20.1 Å². The van der Waals surface area contributed by atoms with Gasteiger partial charge in [-0.15, -0.1) is 0 Å². The van der Waals surface area contributed by atoms with Crippen molar-refractivity contribution in [2.75, 3.05) is 0 Å². The van der Waals surface area contributed by atoms with E-state index in [4.69, 9.17) is 0 Å². The normalized spacial score (nSPS) is 14.2. The third kappa shape index (κ3) is 13.8. The lowest BCUT2D eigenvalue weighted by atomic mass is 10.0. The SMILES string of the molecule is CCC(O)CCCCC(O)CCCCCCCC(=O)[O-]. The summed E-state index contributed by atoms with van der Waals surface area (Å²) in [6.07, 6.45) is 9.71. The van der Waals surface area contributed by atoms with Gasteiger partial charge in [0, 0.05) is 5.97 Å². The summed E-state index contributed by atoms with van der Waals surface area (Å²) in [6, 6.07) is 0. The molecule has 2 N–H and O–H groups in total. The van der Waals surface area contributed by atoms with E-state index in [0.717, 1.165) is 64.2 Å². The number of carbonyl (C=O) groups excluding carboxylic acids is 1. The zero-order valence-corrected chi connectivity index (χ0v) is 12.9. The highest BCUT2D eigenvalue weighted by Crippen LogP contribution is 2.13. The van der Waals surface area contributed by atoms with Crippen molar-refractivity contribution >= 4 is 5.97 Å². The highest BCUT2D eigenvalue weighted by molar-refractivity contribution is 5.63. The van der Waals surface area contributed by atoms with Crippen LogP contribution in [0.3, 0.4) is 0 Å². The topological polar surface area (TPSA) is 80.6 Å². The van der Waals surface area contributed by atoms with Crippen molar-refractivity contribution in [3.05, 3.63) is 0 Å². The number of aliphatic hydroxyl groups excluding tert-OH is 2. The predicted octanol–water partition coefficient (Wildman–Crippen LogP) is 2.16. The van der Waals surface area contributed by atoms with Gasteiger partial charge in [0.05, 0.1) is 12.2 Å². The summed E-state index contributed by atoms with van der Waals surface area (Å²) in [6.45, 7) is 1.98. The minimum atomic E-state index is -0.964. The maximum Gasteiger partial charge on any atom is 0.0540 e. The van der Waals surface area contributed by atoms with Gasteiger partial charge in [-0.2, -0.15) is 0 Å². The highest BCUT2D eigenvalue weighted by Gasteiger charge is 2.05. The summed E-state index contributed by atoms with van der Waals surface area (Å²) in [7, 11) is 0. The maximum atomic E-state index is 10.2. The Bertz CT molecular complexity index is 231. The first-order valence-electron chi connectivity index (χ1n) is 8.12. The summed E-state index contributed by atoms with van der Waals surface area (Å²) in [5.74, 6) is -0.964. The molecule has 0 spiro atoms. The molecule has 0 radical (unpaired) electrons. The molecule has 0 rings (SSSR count). The number of carbonyl (C=O) groups is 1. The summed E-state index contributed by atoms with van der Waals surface area (Å²) in [4.78, 5) is 10.2. The fraction of sp³-hybridized carbons (Fsp3) is 0.938. The quantitative estimate of drug-likeness (QED) is 0.480. The van der Waals surface area contributed by atoms with E-state index < -0.39 is 5.97 Å². The van der Waals surface area contributed by atoms with E-state index in [0.29, 0.717) is 6.42 Å². The van der Waals surface area contributed by atoms with Crippen molar-refractivity contribution in [3.8, 4) is 0 Å². The zero-order valence-electron chi connectivity index (χ0n) is 12.9. The molecule has 4 nitrogen and oxygen atoms in total. The number of unbranched alkanes of at least 4 members (excludes halogenated alkanes) is 5. The van der Waals surface area contributed by atoms with E-state index in [-0.39, 0.29) is 18.6 Å². The van der Waals surface area contributed by atoms with Crippen LogP contribution in [-0.2, 0) is 4.79 Å². The number of hydrogen-bond acceptors (Lipinski definition) is 4. The standard InChI is InChI=1S/C16H32O4/c1-2-14(17)10-8-9-12-15(18)11-6-4-3-5-7-13-16(19)20/h14-15,17-18H,2-13H2,1H3,(H,19,20)/p-1. The minimum absolute atomic E-state index is 0.159. The average Bonchev–Trinajstić information content (AvgIpc) is 2.41. The second-order valence-corrected chi connectivity index (χ2v) is 5.68. The fourth-order valence-electron chi connectivity index (χ4n) is 2.29. The van der Waals surface area contributed by atoms with Gasteiger partial charge in [-0.1, -0.05) is 45.4 Å². The summed E-state index contributed by atoms with van der Waals surface area (Å²) in [5.41, 5.74) is 0. The Hall–Kier alpha value is -0.610. The molecule has 20 heavy (non-hydrogen) atoms. The second kappa shape index (κ2) is 13.4. The summed E-state index contributed by atoms with van der Waals surface area (Å²) < 4.78 is 0. The first-order chi connectivity index (χ1) is 9.56. The molecule has 0 aromatic carbocycles. The fourth-order valence-corrected chi connectivity index (χ4v) is 2.29. The third-order valence-corrected chi connectivity index (χ3v) is 3.71. The Morgan fingerprint density at radius 1 is 0.850 bits per heavy atom. The molecule has 2 atom stereocenters. The molecule has 0 aliphatic carbocycles. The Balaban J connectivity index is 3.24. The monoisotopic (exact) mass is 287 g/mol. The molecule has 0 aliphatic rings. The maximum absolute atomic E-state index is 10.2. The average molecular weight is 287 g/mol. The van der Waals surface area contributed by atoms with Crippen molar-refractivity contribution in [1.29, 1.82) is 0 Å². The van der Waals surface area contributed by atoms with E-state index in [1.165, 1.54) is 0 Å². The van der Waals surface area contributed by atoms with Crippen LogP contribution in [0.1, 0.15) is 84.0 Å². The lowest BCUT2D eigenvalue weighted by molar-refractivity contribution is -0.305. The third-order valence-electron chi connectivity index (χ3n) is 3.71. The molecule has 0 fully saturated rings. The lowest BCUT2D eigenvalue weighted by Crippen LogP contribution is -2.21. The molecule has 0 saturated carbocycles. The number of hydrogen-bond donors (Lipinski definition) is 2. The predicted molar refractivity (Wildman–Crippen MR) is 78.1 cm³/mol. The van der Waals surface area contributed by atoms with Gasteiger partial charge in [-0.05, 0) is 38.5 Å². The largest absolute Gasteiger partial charge is 0.550 e. The van der Waals surface area contributed by atoms with E-state index in [1.54, 1.807) is 0 Å². The lowest BCUT2D eigenvalue weighted by Gasteiger charge is -2.11. The van der Waals surface area contributed by atoms with Gasteiger partial charge >= 0.3 is 0 Å². The molecule has 0 aliphatic heterocycles. The molecule has 0 aromatic heterocycles. The van der Waals surface area contributed by atoms with Gasteiger partial charge in [-0.3, -0.25) is 0 Å². The summed E-state index contributed by atoms with van der Waals surface area (Å²) >= 11 is 0. The van der Waals surface area contributed by atoms with Crippen LogP contribution in [0.15, 0.2) is 0 Å². The molecule has 4 heteroatoms. The molecule has 0 amide bonds. The van der Waals surface area contributed by atoms with Gasteiger partial charge in [0.15, 0.2) is 0 Å². The number of aliphatic carboxylic acids is 1. The molecule has 0 aromatic rings. The van der Waals surface area contributed by atoms with Crippen molar-refractivity contribution in [2.45, 2.75) is 96.2 Å². The Labute approximate surface area is 123 Å². The van der Waals surface area contributed by atoms with Crippen molar-refractivity contribution in [3.63, 3.8) is 0 Å². The van der Waals surface area contributed by atoms with Crippen LogP contribution < -0.4 is 5.11 Å². The van der Waals surface area contributed by atoms with Crippen LogP contribution in [-0.4, -0.2) is 28.4 Å². The van der Waals surface area contributed by atoms with Crippen molar-refractivity contribution in [1.82, 2.24) is 0 Å². The molecular formula is C16H31O4-. The van der Waals surface area contributed by atoms with Crippen LogP contribution >= 0.6 is 0 Å². The van der Waals surface area contributed by atoms with Gasteiger partial charge < -0.3 is 20.1 Å². The highest BCUT2D eigenvalue weighted by atomic mass is 16.4. The van der Waals surface area contributed by atoms with Crippen LogP contribution in [0.2, 0.25) is 0 Å². The molecular weight excluding hydrogens is 256 g/mol. The van der Waals surface area contributed by atoms with Gasteiger partial charge in [0.2, 0.25) is 0 Å². The van der Waals surface area contributed by atoms with E-state index in [9.17, 15) is 20.1 Å². The van der Waals surface area contributed by atoms with Crippen LogP contribution in [0.4, 0.5) is 0 Å². The molecule has 0 bridgehead atoms. The molecule has 2 unspecified atom stereocenters. The number of aliphatic hydroxyl groups is 2. The number of carboxylic acid groups (broad SMARTS) is 1. The Morgan fingerprint density at radius 2 is 1.30 bits per heavy atom. The number of rotatable bonds is 14. The molecule has 0 heterocycles. The first-order valence-corrected chi connectivity index (χ1v) is 8.12. The van der Waals surface area contributed by atoms with Gasteiger partial charge in [0.25, 0.3) is 0 Å². The van der Waals surface area contributed by atoms with Gasteiger partial charge in [0.1, 0.15) is 0 Å².